The van der Waals surface area contributed by atoms with Crippen LogP contribution in [0.2, 0.25) is 0 Å². The molecule has 0 atom stereocenters. The Kier molecular flexibility index (Phi) is 16.0. The topological polar surface area (TPSA) is 49.0 Å². The van der Waals surface area contributed by atoms with E-state index in [0.29, 0.717) is 0 Å². The maximum absolute atomic E-state index is 5.07. The van der Waals surface area contributed by atoms with Crippen molar-refractivity contribution in [2.75, 3.05) is 65.9 Å². The van der Waals surface area contributed by atoms with Crippen LogP contribution in [0.4, 0.5) is 0 Å². The summed E-state index contributed by atoms with van der Waals surface area (Å²) in [5, 5.41) is 3.20. The Hall–Kier alpha value is -0.460. The largest absolute Gasteiger partial charge is 0.381 e. The van der Waals surface area contributed by atoms with Gasteiger partial charge in [-0.1, -0.05) is 12.2 Å². The van der Waals surface area contributed by atoms with Gasteiger partial charge in [0.25, 0.3) is 0 Å². The quantitative estimate of drug-likeness (QED) is 0.692. The van der Waals surface area contributed by atoms with Gasteiger partial charge in [-0.05, 0) is 45.1 Å². The Morgan fingerprint density at radius 1 is 0.522 bits per heavy atom. The average molecular weight is 329 g/mol. The van der Waals surface area contributed by atoms with Crippen molar-refractivity contribution < 1.29 is 18.9 Å². The van der Waals surface area contributed by atoms with E-state index < -0.39 is 0 Å². The zero-order chi connectivity index (χ0) is 16.3. The van der Waals surface area contributed by atoms with Crippen LogP contribution in [-0.2, 0) is 18.9 Å². The summed E-state index contributed by atoms with van der Waals surface area (Å²) in [5.74, 6) is 0. The Morgan fingerprint density at radius 3 is 1.17 bits per heavy atom. The van der Waals surface area contributed by atoms with Crippen LogP contribution in [0, 0.1) is 0 Å². The van der Waals surface area contributed by atoms with Gasteiger partial charge in [-0.15, -0.1) is 0 Å². The lowest BCUT2D eigenvalue weighted by molar-refractivity contribution is -0.0334. The normalized spacial score (nSPS) is 23.3. The van der Waals surface area contributed by atoms with Crippen LogP contribution in [0.3, 0.4) is 0 Å². The van der Waals surface area contributed by atoms with Crippen molar-refractivity contribution >= 4 is 0 Å². The van der Waals surface area contributed by atoms with E-state index in [0.717, 1.165) is 65.9 Å². The van der Waals surface area contributed by atoms with E-state index in [1.165, 1.54) is 38.5 Å². The van der Waals surface area contributed by atoms with Gasteiger partial charge in [0, 0.05) is 33.0 Å². The Labute approximate surface area is 141 Å². The molecule has 0 aliphatic carbocycles. The monoisotopic (exact) mass is 329 g/mol. The lowest BCUT2D eigenvalue weighted by Gasteiger charge is -2.09. The molecule has 5 nitrogen and oxygen atoms in total. The second-order valence-electron chi connectivity index (χ2n) is 5.68. The molecule has 0 aromatic rings. The molecule has 0 spiro atoms. The Morgan fingerprint density at radius 2 is 1.00 bits per heavy atom. The highest BCUT2D eigenvalue weighted by molar-refractivity contribution is 4.88. The van der Waals surface area contributed by atoms with E-state index in [1.807, 2.05) is 0 Å². The predicted octanol–water partition coefficient (Wildman–Crippen LogP) is 2.55. The Bertz CT molecular complexity index is 199. The van der Waals surface area contributed by atoms with E-state index in [-0.39, 0.29) is 0 Å². The van der Waals surface area contributed by atoms with Crippen LogP contribution in [0.15, 0.2) is 12.2 Å². The molecule has 0 radical (unpaired) electrons. The zero-order valence-corrected chi connectivity index (χ0v) is 14.6. The van der Waals surface area contributed by atoms with E-state index in [4.69, 9.17) is 18.9 Å². The van der Waals surface area contributed by atoms with Crippen LogP contribution >= 0.6 is 0 Å². The highest BCUT2D eigenvalue weighted by Gasteiger charge is 1.95. The first-order chi connectivity index (χ1) is 11.5. The summed E-state index contributed by atoms with van der Waals surface area (Å²) in [6.07, 6.45) is 12.1. The Balaban J connectivity index is 0.000000154. The number of ether oxygens (including phenoxy) is 4. The van der Waals surface area contributed by atoms with Crippen molar-refractivity contribution in [1.29, 1.82) is 0 Å². The van der Waals surface area contributed by atoms with Gasteiger partial charge in [-0.25, -0.2) is 0 Å². The van der Waals surface area contributed by atoms with E-state index in [1.54, 1.807) is 0 Å². The minimum absolute atomic E-state index is 0.778. The van der Waals surface area contributed by atoms with Gasteiger partial charge in [0.05, 0.1) is 26.4 Å². The van der Waals surface area contributed by atoms with Gasteiger partial charge in [0.2, 0.25) is 0 Å². The molecule has 1 N–H and O–H groups in total. The third-order valence-electron chi connectivity index (χ3n) is 3.57. The lowest BCUT2D eigenvalue weighted by atomic mass is 10.2. The highest BCUT2D eigenvalue weighted by Crippen LogP contribution is 2.02. The van der Waals surface area contributed by atoms with Crippen LogP contribution in [-0.4, -0.2) is 65.9 Å². The molecule has 0 bridgehead atoms. The van der Waals surface area contributed by atoms with E-state index in [9.17, 15) is 0 Å². The molecule has 4 heterocycles. The molecule has 5 heteroatoms. The van der Waals surface area contributed by atoms with Gasteiger partial charge in [0.15, 0.2) is 0 Å². The number of hydrogen-bond acceptors (Lipinski definition) is 5. The minimum atomic E-state index is 0.778. The molecule has 4 aliphatic rings. The summed E-state index contributed by atoms with van der Waals surface area (Å²) in [7, 11) is 0. The fourth-order valence-electron chi connectivity index (χ4n) is 2.21. The fourth-order valence-corrected chi connectivity index (χ4v) is 2.21. The van der Waals surface area contributed by atoms with Gasteiger partial charge in [-0.2, -0.15) is 0 Å². The van der Waals surface area contributed by atoms with Crippen molar-refractivity contribution in [3.05, 3.63) is 12.2 Å². The van der Waals surface area contributed by atoms with Crippen LogP contribution < -0.4 is 5.32 Å². The zero-order valence-electron chi connectivity index (χ0n) is 14.6. The second kappa shape index (κ2) is 17.9. The molecule has 4 rings (SSSR count). The number of rotatable bonds is 0. The van der Waals surface area contributed by atoms with E-state index in [2.05, 4.69) is 17.5 Å². The fraction of sp³-hybridized carbons (Fsp3) is 0.889. The smallest absolute Gasteiger partial charge is 0.0701 e. The number of hydrogen-bond donors (Lipinski definition) is 1. The maximum Gasteiger partial charge on any atom is 0.0701 e. The standard InChI is InChI=1S/C5H9N.C5H10O.C4H8O2.C4H8O/c2*1-2-4-6-5-3-1;1-2-6-4-3-5-1;1-2-4-5-3-1/h1-2,6H,3-5H2;1-5H2;1-4H2;1-4H2. The number of nitrogens with one attached hydrogen (secondary N) is 1. The maximum atomic E-state index is 5.07. The predicted molar refractivity (Wildman–Crippen MR) is 93.0 cm³/mol. The SMILES string of the molecule is C1=CCNCC1.C1CCOC1.C1CCOCC1.C1COCCO1. The first-order valence-electron chi connectivity index (χ1n) is 9.17. The molecule has 4 aliphatic heterocycles. The molecular weight excluding hydrogens is 294 g/mol. The van der Waals surface area contributed by atoms with Crippen molar-refractivity contribution in [2.45, 2.75) is 38.5 Å². The summed E-state index contributed by atoms with van der Waals surface area (Å²) in [5.41, 5.74) is 0. The summed E-state index contributed by atoms with van der Waals surface area (Å²) in [4.78, 5) is 0. The first-order valence-corrected chi connectivity index (χ1v) is 9.17. The molecule has 0 aromatic heterocycles. The lowest BCUT2D eigenvalue weighted by Crippen LogP contribution is -2.17. The molecule has 0 amide bonds. The van der Waals surface area contributed by atoms with Crippen molar-refractivity contribution in [3.8, 4) is 0 Å². The molecule has 3 saturated heterocycles. The van der Waals surface area contributed by atoms with Crippen molar-refractivity contribution in [1.82, 2.24) is 5.32 Å². The van der Waals surface area contributed by atoms with Gasteiger partial charge in [-0.3, -0.25) is 0 Å². The van der Waals surface area contributed by atoms with E-state index >= 15 is 0 Å². The third-order valence-corrected chi connectivity index (χ3v) is 3.57. The van der Waals surface area contributed by atoms with Crippen LogP contribution in [0.1, 0.15) is 38.5 Å². The summed E-state index contributed by atoms with van der Waals surface area (Å²) >= 11 is 0. The first kappa shape index (κ1) is 20.6. The molecule has 136 valence electrons. The third kappa shape index (κ3) is 16.2. The molecule has 3 fully saturated rings. The van der Waals surface area contributed by atoms with Gasteiger partial charge >= 0.3 is 0 Å². The average Bonchev–Trinajstić information content (AvgIpc) is 3.27. The minimum Gasteiger partial charge on any atom is -0.381 e. The molecule has 23 heavy (non-hydrogen) atoms. The second-order valence-corrected chi connectivity index (χ2v) is 5.68. The molecule has 0 unspecified atom stereocenters. The summed E-state index contributed by atoms with van der Waals surface area (Å²) in [6, 6.07) is 0. The highest BCUT2D eigenvalue weighted by atomic mass is 16.6. The van der Waals surface area contributed by atoms with Crippen LogP contribution in [0.25, 0.3) is 0 Å². The van der Waals surface area contributed by atoms with Gasteiger partial charge in [0.1, 0.15) is 0 Å². The van der Waals surface area contributed by atoms with Crippen LogP contribution in [0.5, 0.6) is 0 Å². The molecule has 0 aromatic carbocycles. The summed E-state index contributed by atoms with van der Waals surface area (Å²) in [6.45, 7) is 9.34. The summed E-state index contributed by atoms with van der Waals surface area (Å²) < 4.78 is 19.9. The van der Waals surface area contributed by atoms with Crippen molar-refractivity contribution in [2.24, 2.45) is 0 Å². The van der Waals surface area contributed by atoms with Gasteiger partial charge < -0.3 is 24.3 Å². The molecular formula is C18H35NO4. The van der Waals surface area contributed by atoms with Crippen molar-refractivity contribution in [3.63, 3.8) is 0 Å². The molecule has 0 saturated carbocycles.